The first-order valence-corrected chi connectivity index (χ1v) is 8.28. The van der Waals surface area contributed by atoms with Gasteiger partial charge in [0.05, 0.1) is 6.54 Å². The molecule has 0 aromatic heterocycles. The predicted molar refractivity (Wildman–Crippen MR) is 98.2 cm³/mol. The number of nitrogens with two attached hydrogens (primary N) is 1. The molecule has 0 atom stereocenters. The topological polar surface area (TPSA) is 87.5 Å². The van der Waals surface area contributed by atoms with E-state index in [9.17, 15) is 9.59 Å². The fraction of sp³-hybridized carbons (Fsp3) is 0.263. The van der Waals surface area contributed by atoms with Gasteiger partial charge in [0.15, 0.2) is 0 Å². The highest BCUT2D eigenvalue weighted by Crippen LogP contribution is 2.19. The molecule has 1 heterocycles. The number of nitrogens with one attached hydrogen (secondary N) is 2. The summed E-state index contributed by atoms with van der Waals surface area (Å²) in [6.45, 7) is 3.03. The molecule has 0 saturated heterocycles. The van der Waals surface area contributed by atoms with Crippen LogP contribution in [0.4, 0.5) is 16.2 Å². The summed E-state index contributed by atoms with van der Waals surface area (Å²) in [6, 6.07) is 13.2. The van der Waals surface area contributed by atoms with Gasteiger partial charge in [-0.05, 0) is 42.2 Å². The molecule has 2 aromatic carbocycles. The number of fused-ring (bicyclic) bond motifs is 1. The second-order valence-electron chi connectivity index (χ2n) is 6.22. The first-order valence-electron chi connectivity index (χ1n) is 8.28. The Labute approximate surface area is 147 Å². The predicted octanol–water partition coefficient (Wildman–Crippen LogP) is 2.28. The highest BCUT2D eigenvalue weighted by atomic mass is 16.2. The van der Waals surface area contributed by atoms with Crippen molar-refractivity contribution in [2.24, 2.45) is 0 Å². The van der Waals surface area contributed by atoms with Gasteiger partial charge in [-0.25, -0.2) is 4.79 Å². The highest BCUT2D eigenvalue weighted by Gasteiger charge is 2.20. The number of anilines is 2. The summed E-state index contributed by atoms with van der Waals surface area (Å²) in [5.74, 6) is -0.278. The summed E-state index contributed by atoms with van der Waals surface area (Å²) in [7, 11) is 0. The fourth-order valence-electron chi connectivity index (χ4n) is 2.91. The molecule has 0 radical (unpaired) electrons. The Morgan fingerprint density at radius 3 is 2.72 bits per heavy atom. The van der Waals surface area contributed by atoms with Crippen LogP contribution in [-0.4, -0.2) is 29.9 Å². The van der Waals surface area contributed by atoms with Crippen LogP contribution in [0.5, 0.6) is 0 Å². The van der Waals surface area contributed by atoms with E-state index >= 15 is 0 Å². The van der Waals surface area contributed by atoms with Gasteiger partial charge in [0, 0.05) is 24.5 Å². The number of hydrogen-bond donors (Lipinski definition) is 3. The van der Waals surface area contributed by atoms with Crippen molar-refractivity contribution in [1.82, 2.24) is 10.2 Å². The third-order valence-corrected chi connectivity index (χ3v) is 4.35. The zero-order valence-electron chi connectivity index (χ0n) is 14.2. The number of benzene rings is 2. The highest BCUT2D eigenvalue weighted by molar-refractivity contribution is 5.95. The summed E-state index contributed by atoms with van der Waals surface area (Å²) >= 11 is 0. The molecule has 0 fully saturated rings. The zero-order valence-corrected chi connectivity index (χ0v) is 14.2. The molecule has 130 valence electrons. The SMILES string of the molecule is Cc1ccc(N)cc1NC(=O)CNC(=O)N1CCc2ccccc2C1. The molecule has 0 unspecified atom stereocenters. The molecule has 2 aromatic rings. The minimum absolute atomic E-state index is 0.0782. The number of hydrogen-bond acceptors (Lipinski definition) is 3. The maximum atomic E-state index is 12.3. The molecule has 3 amide bonds. The van der Waals surface area contributed by atoms with Crippen LogP contribution in [0.3, 0.4) is 0 Å². The normalized spacial score (nSPS) is 13.1. The number of nitrogens with zero attached hydrogens (tertiary/aromatic N) is 1. The van der Waals surface area contributed by atoms with Gasteiger partial charge in [0.2, 0.25) is 5.91 Å². The second-order valence-corrected chi connectivity index (χ2v) is 6.22. The third kappa shape index (κ3) is 4.09. The molecule has 1 aliphatic rings. The number of nitrogen functional groups attached to an aromatic ring is 1. The number of carbonyl (C=O) groups is 2. The molecule has 25 heavy (non-hydrogen) atoms. The van der Waals surface area contributed by atoms with Crippen LogP contribution >= 0.6 is 0 Å². The van der Waals surface area contributed by atoms with Crippen LogP contribution < -0.4 is 16.4 Å². The molecule has 0 bridgehead atoms. The van der Waals surface area contributed by atoms with Crippen molar-refractivity contribution >= 4 is 23.3 Å². The Morgan fingerprint density at radius 2 is 1.92 bits per heavy atom. The summed E-state index contributed by atoms with van der Waals surface area (Å²) in [5, 5.41) is 5.45. The van der Waals surface area contributed by atoms with Crippen LogP contribution in [0, 0.1) is 6.92 Å². The number of carbonyl (C=O) groups excluding carboxylic acids is 2. The molecular weight excluding hydrogens is 316 g/mol. The summed E-state index contributed by atoms with van der Waals surface area (Å²) in [6.07, 6.45) is 0.832. The van der Waals surface area contributed by atoms with Gasteiger partial charge in [0.1, 0.15) is 0 Å². The van der Waals surface area contributed by atoms with Crippen LogP contribution in [0.1, 0.15) is 16.7 Å². The largest absolute Gasteiger partial charge is 0.399 e. The number of aryl methyl sites for hydroxylation is 1. The van der Waals surface area contributed by atoms with E-state index in [1.165, 1.54) is 5.56 Å². The monoisotopic (exact) mass is 338 g/mol. The first kappa shape index (κ1) is 16.8. The van der Waals surface area contributed by atoms with Crippen molar-refractivity contribution in [2.75, 3.05) is 24.1 Å². The minimum atomic E-state index is -0.278. The van der Waals surface area contributed by atoms with Gasteiger partial charge < -0.3 is 21.3 Å². The van der Waals surface area contributed by atoms with Crippen LogP contribution in [0.25, 0.3) is 0 Å². The smallest absolute Gasteiger partial charge is 0.318 e. The van der Waals surface area contributed by atoms with Crippen molar-refractivity contribution in [3.63, 3.8) is 0 Å². The van der Waals surface area contributed by atoms with Gasteiger partial charge in [0.25, 0.3) is 0 Å². The van der Waals surface area contributed by atoms with Crippen LogP contribution in [0.2, 0.25) is 0 Å². The summed E-state index contributed by atoms with van der Waals surface area (Å²) < 4.78 is 0. The maximum Gasteiger partial charge on any atom is 0.318 e. The van der Waals surface area contributed by atoms with Crippen molar-refractivity contribution in [3.05, 3.63) is 59.2 Å². The van der Waals surface area contributed by atoms with E-state index in [1.54, 1.807) is 17.0 Å². The number of urea groups is 1. The lowest BCUT2D eigenvalue weighted by molar-refractivity contribution is -0.115. The zero-order chi connectivity index (χ0) is 17.8. The van der Waals surface area contributed by atoms with Crippen molar-refractivity contribution in [2.45, 2.75) is 19.9 Å². The molecule has 0 saturated carbocycles. The standard InChI is InChI=1S/C19H22N4O2/c1-13-6-7-16(20)10-17(13)22-18(24)11-21-19(25)23-9-8-14-4-2-3-5-15(14)12-23/h2-7,10H,8-9,11-12,20H2,1H3,(H,21,25)(H,22,24). The molecule has 0 aliphatic carbocycles. The first-order chi connectivity index (χ1) is 12.0. The molecule has 6 nitrogen and oxygen atoms in total. The van der Waals surface area contributed by atoms with Gasteiger partial charge in [-0.2, -0.15) is 0 Å². The average Bonchev–Trinajstić information content (AvgIpc) is 2.62. The lowest BCUT2D eigenvalue weighted by atomic mass is 10.0. The average molecular weight is 338 g/mol. The van der Waals surface area contributed by atoms with E-state index in [0.29, 0.717) is 24.5 Å². The van der Waals surface area contributed by atoms with Crippen molar-refractivity contribution in [3.8, 4) is 0 Å². The van der Waals surface area contributed by atoms with E-state index < -0.39 is 0 Å². The van der Waals surface area contributed by atoms with E-state index in [0.717, 1.165) is 17.5 Å². The van der Waals surface area contributed by atoms with Gasteiger partial charge in [-0.15, -0.1) is 0 Å². The second kappa shape index (κ2) is 7.25. The van der Waals surface area contributed by atoms with Gasteiger partial charge >= 0.3 is 6.03 Å². The Balaban J connectivity index is 1.52. The van der Waals surface area contributed by atoms with Crippen LogP contribution in [-0.2, 0) is 17.8 Å². The van der Waals surface area contributed by atoms with Crippen molar-refractivity contribution in [1.29, 1.82) is 0 Å². The lowest BCUT2D eigenvalue weighted by Crippen LogP contribution is -2.45. The summed E-state index contributed by atoms with van der Waals surface area (Å²) in [4.78, 5) is 26.1. The number of amides is 3. The van der Waals surface area contributed by atoms with E-state index in [1.807, 2.05) is 31.2 Å². The van der Waals surface area contributed by atoms with Gasteiger partial charge in [-0.1, -0.05) is 30.3 Å². The molecule has 6 heteroatoms. The molecule has 1 aliphatic heterocycles. The molecule has 4 N–H and O–H groups in total. The van der Waals surface area contributed by atoms with E-state index in [2.05, 4.69) is 16.7 Å². The van der Waals surface area contributed by atoms with Crippen molar-refractivity contribution < 1.29 is 9.59 Å². The molecule has 3 rings (SSSR count). The summed E-state index contributed by atoms with van der Waals surface area (Å²) in [5.41, 5.74) is 10.3. The Morgan fingerprint density at radius 1 is 1.16 bits per heavy atom. The minimum Gasteiger partial charge on any atom is -0.399 e. The molecular formula is C19H22N4O2. The van der Waals surface area contributed by atoms with Crippen LogP contribution in [0.15, 0.2) is 42.5 Å². The van der Waals surface area contributed by atoms with E-state index in [-0.39, 0.29) is 18.5 Å². The Hall–Kier alpha value is -3.02. The Kier molecular flexibility index (Phi) is 4.88. The maximum absolute atomic E-state index is 12.3. The third-order valence-electron chi connectivity index (χ3n) is 4.35. The molecule has 0 spiro atoms. The van der Waals surface area contributed by atoms with Gasteiger partial charge in [-0.3, -0.25) is 4.79 Å². The lowest BCUT2D eigenvalue weighted by Gasteiger charge is -2.28. The Bertz CT molecular complexity index is 804. The van der Waals surface area contributed by atoms with E-state index in [4.69, 9.17) is 5.73 Å². The number of rotatable bonds is 3. The quantitative estimate of drug-likeness (QED) is 0.750. The fourth-order valence-corrected chi connectivity index (χ4v) is 2.91.